The van der Waals surface area contributed by atoms with Gasteiger partial charge in [0, 0.05) is 31.3 Å². The predicted molar refractivity (Wildman–Crippen MR) is 91.3 cm³/mol. The first-order valence-electron chi connectivity index (χ1n) is 7.21. The van der Waals surface area contributed by atoms with Gasteiger partial charge in [-0.2, -0.15) is 4.31 Å². The molecular formula is C16H18N2O6S. The van der Waals surface area contributed by atoms with Gasteiger partial charge in [0.2, 0.25) is 10.0 Å². The quantitative estimate of drug-likeness (QED) is 0.551. The maximum atomic E-state index is 12.7. The number of benzene rings is 2. The number of ether oxygens (including phenoxy) is 2. The van der Waals surface area contributed by atoms with Crippen molar-refractivity contribution < 1.29 is 22.8 Å². The van der Waals surface area contributed by atoms with E-state index in [9.17, 15) is 18.5 Å². The van der Waals surface area contributed by atoms with Crippen molar-refractivity contribution in [1.29, 1.82) is 0 Å². The van der Waals surface area contributed by atoms with E-state index in [0.717, 1.165) is 10.4 Å². The van der Waals surface area contributed by atoms with Crippen molar-refractivity contribution in [1.82, 2.24) is 4.31 Å². The second kappa shape index (κ2) is 7.49. The van der Waals surface area contributed by atoms with Gasteiger partial charge in [-0.3, -0.25) is 10.1 Å². The fourth-order valence-corrected chi connectivity index (χ4v) is 3.46. The molecule has 134 valence electrons. The first-order chi connectivity index (χ1) is 11.8. The summed E-state index contributed by atoms with van der Waals surface area (Å²) in [6.07, 6.45) is 0. The number of rotatable bonds is 7. The minimum Gasteiger partial charge on any atom is -0.497 e. The van der Waals surface area contributed by atoms with E-state index in [1.807, 2.05) is 0 Å². The maximum absolute atomic E-state index is 12.7. The van der Waals surface area contributed by atoms with Gasteiger partial charge in [0.05, 0.1) is 24.0 Å². The monoisotopic (exact) mass is 366 g/mol. The third-order valence-corrected chi connectivity index (χ3v) is 5.42. The van der Waals surface area contributed by atoms with Gasteiger partial charge in [-0.1, -0.05) is 6.07 Å². The molecule has 2 rings (SSSR count). The zero-order chi connectivity index (χ0) is 18.6. The molecule has 0 radical (unpaired) electrons. The normalized spacial score (nSPS) is 11.4. The van der Waals surface area contributed by atoms with E-state index < -0.39 is 14.9 Å². The summed E-state index contributed by atoms with van der Waals surface area (Å²) in [6, 6.07) is 10.0. The van der Waals surface area contributed by atoms with Crippen LogP contribution in [0.15, 0.2) is 47.4 Å². The number of non-ortho nitro benzene ring substituents is 1. The Bertz CT molecular complexity index is 882. The van der Waals surface area contributed by atoms with Crippen LogP contribution in [0.5, 0.6) is 11.5 Å². The van der Waals surface area contributed by atoms with Gasteiger partial charge in [0.25, 0.3) is 5.69 Å². The Morgan fingerprint density at radius 2 is 1.84 bits per heavy atom. The van der Waals surface area contributed by atoms with Crippen molar-refractivity contribution in [3.8, 4) is 11.5 Å². The molecule has 0 N–H and O–H groups in total. The largest absolute Gasteiger partial charge is 0.497 e. The first kappa shape index (κ1) is 18.7. The Morgan fingerprint density at radius 1 is 1.12 bits per heavy atom. The van der Waals surface area contributed by atoms with E-state index in [4.69, 9.17) is 9.47 Å². The molecule has 9 heteroatoms. The third kappa shape index (κ3) is 4.06. The lowest BCUT2D eigenvalue weighted by atomic mass is 10.2. The van der Waals surface area contributed by atoms with Gasteiger partial charge in [-0.05, 0) is 24.3 Å². The second-order valence-electron chi connectivity index (χ2n) is 5.19. The second-order valence-corrected chi connectivity index (χ2v) is 7.24. The number of hydrogen-bond donors (Lipinski definition) is 0. The van der Waals surface area contributed by atoms with E-state index in [0.29, 0.717) is 17.1 Å². The molecular weight excluding hydrogens is 348 g/mol. The topological polar surface area (TPSA) is 99.0 Å². The van der Waals surface area contributed by atoms with Gasteiger partial charge < -0.3 is 9.47 Å². The molecule has 25 heavy (non-hydrogen) atoms. The lowest BCUT2D eigenvalue weighted by Gasteiger charge is -2.19. The van der Waals surface area contributed by atoms with Crippen molar-refractivity contribution >= 4 is 15.7 Å². The van der Waals surface area contributed by atoms with Crippen LogP contribution in [0.1, 0.15) is 5.56 Å². The molecule has 0 saturated heterocycles. The SMILES string of the molecule is COc1ccc(OC)c(CN(C)S(=O)(=O)c2cccc([N+](=O)[O-])c2)c1. The van der Waals surface area contributed by atoms with E-state index in [2.05, 4.69) is 0 Å². The molecule has 0 amide bonds. The minimum atomic E-state index is -3.91. The average Bonchev–Trinajstić information content (AvgIpc) is 2.61. The van der Waals surface area contributed by atoms with Crippen LogP contribution in [0.2, 0.25) is 0 Å². The summed E-state index contributed by atoms with van der Waals surface area (Å²) in [5.74, 6) is 1.08. The Morgan fingerprint density at radius 3 is 2.44 bits per heavy atom. The third-order valence-electron chi connectivity index (χ3n) is 3.62. The lowest BCUT2D eigenvalue weighted by Crippen LogP contribution is -2.26. The molecule has 8 nitrogen and oxygen atoms in total. The van der Waals surface area contributed by atoms with Crippen LogP contribution < -0.4 is 9.47 Å². The number of hydrogen-bond acceptors (Lipinski definition) is 6. The van der Waals surface area contributed by atoms with Crippen molar-refractivity contribution in [2.75, 3.05) is 21.3 Å². The highest BCUT2D eigenvalue weighted by molar-refractivity contribution is 7.89. The number of nitrogens with zero attached hydrogens (tertiary/aromatic N) is 2. The molecule has 0 aliphatic carbocycles. The van der Waals surface area contributed by atoms with E-state index in [-0.39, 0.29) is 17.1 Å². The first-order valence-corrected chi connectivity index (χ1v) is 8.65. The Balaban J connectivity index is 2.35. The highest BCUT2D eigenvalue weighted by Gasteiger charge is 2.24. The molecule has 0 aromatic heterocycles. The summed E-state index contributed by atoms with van der Waals surface area (Å²) in [6.45, 7) is 0.0192. The van der Waals surface area contributed by atoms with Crippen LogP contribution in [0.25, 0.3) is 0 Å². The van der Waals surface area contributed by atoms with E-state index in [1.54, 1.807) is 18.2 Å². The molecule has 0 saturated carbocycles. The van der Waals surface area contributed by atoms with Gasteiger partial charge in [-0.15, -0.1) is 0 Å². The smallest absolute Gasteiger partial charge is 0.270 e. The molecule has 2 aromatic rings. The molecule has 0 fully saturated rings. The lowest BCUT2D eigenvalue weighted by molar-refractivity contribution is -0.385. The van der Waals surface area contributed by atoms with Crippen LogP contribution in [-0.4, -0.2) is 38.9 Å². The summed E-state index contributed by atoms with van der Waals surface area (Å²) in [5.41, 5.74) is 0.326. The van der Waals surface area contributed by atoms with Gasteiger partial charge in [0.15, 0.2) is 0 Å². The number of nitro benzene ring substituents is 1. The van der Waals surface area contributed by atoms with E-state index >= 15 is 0 Å². The number of sulfonamides is 1. The minimum absolute atomic E-state index is 0.0192. The van der Waals surface area contributed by atoms with Gasteiger partial charge >= 0.3 is 0 Å². The molecule has 0 aliphatic heterocycles. The highest BCUT2D eigenvalue weighted by Crippen LogP contribution is 2.27. The number of nitro groups is 1. The van der Waals surface area contributed by atoms with Crippen molar-refractivity contribution in [2.45, 2.75) is 11.4 Å². The Kier molecular flexibility index (Phi) is 5.60. The summed E-state index contributed by atoms with van der Waals surface area (Å²) in [4.78, 5) is 10.1. The predicted octanol–water partition coefficient (Wildman–Crippen LogP) is 2.43. The molecule has 0 unspecified atom stereocenters. The van der Waals surface area contributed by atoms with E-state index in [1.165, 1.54) is 39.5 Å². The van der Waals surface area contributed by atoms with Crippen LogP contribution in [0, 0.1) is 10.1 Å². The Labute approximate surface area is 145 Å². The zero-order valence-electron chi connectivity index (χ0n) is 14.0. The van der Waals surface area contributed by atoms with Crippen molar-refractivity contribution in [3.63, 3.8) is 0 Å². The summed E-state index contributed by atoms with van der Waals surface area (Å²) in [7, 11) is 0.486. The molecule has 0 spiro atoms. The number of methoxy groups -OCH3 is 2. The van der Waals surface area contributed by atoms with Crippen molar-refractivity contribution in [3.05, 3.63) is 58.1 Å². The van der Waals surface area contributed by atoms with Crippen molar-refractivity contribution in [2.24, 2.45) is 0 Å². The molecule has 0 bridgehead atoms. The zero-order valence-corrected chi connectivity index (χ0v) is 14.8. The fourth-order valence-electron chi connectivity index (χ4n) is 2.27. The van der Waals surface area contributed by atoms with Crippen LogP contribution in [0.4, 0.5) is 5.69 Å². The summed E-state index contributed by atoms with van der Waals surface area (Å²) >= 11 is 0. The fraction of sp³-hybridized carbons (Fsp3) is 0.250. The van der Waals surface area contributed by atoms with Gasteiger partial charge in [-0.25, -0.2) is 8.42 Å². The molecule has 0 aliphatic rings. The summed E-state index contributed by atoms with van der Waals surface area (Å²) in [5, 5.41) is 10.9. The highest BCUT2D eigenvalue weighted by atomic mass is 32.2. The average molecular weight is 366 g/mol. The van der Waals surface area contributed by atoms with Crippen LogP contribution in [0.3, 0.4) is 0 Å². The molecule has 2 aromatic carbocycles. The summed E-state index contributed by atoms with van der Waals surface area (Å²) < 4.78 is 36.9. The van der Waals surface area contributed by atoms with Crippen LogP contribution >= 0.6 is 0 Å². The standard InChI is InChI=1S/C16H18N2O6S/c1-17(11-12-9-14(23-2)7-8-16(12)24-3)25(21,22)15-6-4-5-13(10-15)18(19)20/h4-10H,11H2,1-3H3. The molecule has 0 atom stereocenters. The Hall–Kier alpha value is -2.65. The molecule has 0 heterocycles. The van der Waals surface area contributed by atoms with Gasteiger partial charge in [0.1, 0.15) is 11.5 Å². The van der Waals surface area contributed by atoms with Crippen LogP contribution in [-0.2, 0) is 16.6 Å². The maximum Gasteiger partial charge on any atom is 0.270 e.